The Labute approximate surface area is 175 Å². The molecule has 2 aromatic rings. The minimum absolute atomic E-state index is 0.0531. The normalized spacial score (nSPS) is 12.1. The number of halogens is 1. The molecule has 1 atom stereocenters. The van der Waals surface area contributed by atoms with Gasteiger partial charge in [0.1, 0.15) is 10.3 Å². The molecule has 0 aliphatic rings. The first kappa shape index (κ1) is 22.6. The van der Waals surface area contributed by atoms with Gasteiger partial charge in [-0.25, -0.2) is 13.1 Å². The van der Waals surface area contributed by atoms with Gasteiger partial charge in [-0.3, -0.25) is 9.59 Å². The zero-order valence-corrected chi connectivity index (χ0v) is 17.9. The lowest BCUT2D eigenvalue weighted by Crippen LogP contribution is -2.21. The summed E-state index contributed by atoms with van der Waals surface area (Å²) in [4.78, 5) is 30.9. The molecule has 0 aliphatic heterocycles. The number of primary amides is 1. The van der Waals surface area contributed by atoms with Crippen molar-refractivity contribution in [2.45, 2.75) is 17.2 Å². The Morgan fingerprint density at radius 2 is 1.86 bits per heavy atom. The second kappa shape index (κ2) is 9.24. The van der Waals surface area contributed by atoms with E-state index in [0.29, 0.717) is 11.3 Å². The van der Waals surface area contributed by atoms with E-state index in [9.17, 15) is 18.0 Å². The largest absolute Gasteiger partial charge is 0.481 e. The number of nitrogens with two attached hydrogens (primary N) is 1. The van der Waals surface area contributed by atoms with Crippen LogP contribution >= 0.6 is 22.9 Å². The van der Waals surface area contributed by atoms with Crippen LogP contribution in [-0.2, 0) is 19.6 Å². The molecule has 158 valence electrons. The fourth-order valence-corrected chi connectivity index (χ4v) is 5.03. The van der Waals surface area contributed by atoms with Gasteiger partial charge >= 0.3 is 5.97 Å². The SMILES string of the molecule is COc1cc(OC)nc(NS(=O)(=O)c2scc(C(N)=O)c2C(CCl)OC(C)=O)n1. The highest BCUT2D eigenvalue weighted by Gasteiger charge is 2.32. The Morgan fingerprint density at radius 1 is 1.28 bits per heavy atom. The number of alkyl halides is 1. The smallest absolute Gasteiger partial charge is 0.303 e. The van der Waals surface area contributed by atoms with Gasteiger partial charge in [0.05, 0.1) is 31.7 Å². The highest BCUT2D eigenvalue weighted by molar-refractivity contribution is 7.94. The van der Waals surface area contributed by atoms with E-state index in [1.54, 1.807) is 0 Å². The number of rotatable bonds is 9. The summed E-state index contributed by atoms with van der Waals surface area (Å²) in [6.45, 7) is 1.12. The third-order valence-electron chi connectivity index (χ3n) is 3.40. The minimum Gasteiger partial charge on any atom is -0.481 e. The van der Waals surface area contributed by atoms with Gasteiger partial charge in [-0.2, -0.15) is 9.97 Å². The number of nitrogens with one attached hydrogen (secondary N) is 1. The fraction of sp³-hybridized carbons (Fsp3) is 0.333. The Kier molecular flexibility index (Phi) is 7.21. The second-order valence-electron chi connectivity index (χ2n) is 5.35. The lowest BCUT2D eigenvalue weighted by molar-refractivity contribution is -0.145. The first-order chi connectivity index (χ1) is 13.6. The summed E-state index contributed by atoms with van der Waals surface area (Å²) in [6, 6.07) is 1.35. The van der Waals surface area contributed by atoms with Gasteiger partial charge in [-0.15, -0.1) is 22.9 Å². The third kappa shape index (κ3) is 5.25. The minimum atomic E-state index is -4.32. The average Bonchev–Trinajstić information content (AvgIpc) is 3.11. The maximum Gasteiger partial charge on any atom is 0.303 e. The lowest BCUT2D eigenvalue weighted by atomic mass is 10.1. The van der Waals surface area contributed by atoms with Crippen molar-refractivity contribution in [1.82, 2.24) is 9.97 Å². The third-order valence-corrected chi connectivity index (χ3v) is 6.57. The number of carbonyl (C=O) groups is 2. The Bertz CT molecular complexity index is 1000. The molecular formula is C15H17ClN4O7S2. The van der Waals surface area contributed by atoms with E-state index in [1.165, 1.54) is 25.7 Å². The predicted octanol–water partition coefficient (Wildman–Crippen LogP) is 1.30. The first-order valence-corrected chi connectivity index (χ1v) is 10.7. The van der Waals surface area contributed by atoms with E-state index in [0.717, 1.165) is 6.92 Å². The molecule has 0 aromatic carbocycles. The van der Waals surface area contributed by atoms with Gasteiger partial charge in [0, 0.05) is 17.9 Å². The fourth-order valence-electron chi connectivity index (χ4n) is 2.25. The summed E-state index contributed by atoms with van der Waals surface area (Å²) in [7, 11) is -1.65. The van der Waals surface area contributed by atoms with Crippen LogP contribution < -0.4 is 19.9 Å². The van der Waals surface area contributed by atoms with Crippen molar-refractivity contribution in [2.24, 2.45) is 5.73 Å². The van der Waals surface area contributed by atoms with Gasteiger partial charge in [0.2, 0.25) is 23.6 Å². The molecule has 2 rings (SSSR count). The predicted molar refractivity (Wildman–Crippen MR) is 104 cm³/mol. The van der Waals surface area contributed by atoms with Gasteiger partial charge < -0.3 is 19.9 Å². The summed E-state index contributed by atoms with van der Waals surface area (Å²) in [5.41, 5.74) is 5.07. The number of thiophene rings is 1. The van der Waals surface area contributed by atoms with Gasteiger partial charge in [-0.1, -0.05) is 0 Å². The Morgan fingerprint density at radius 3 is 2.31 bits per heavy atom. The van der Waals surface area contributed by atoms with E-state index in [4.69, 9.17) is 31.5 Å². The van der Waals surface area contributed by atoms with E-state index in [2.05, 4.69) is 14.7 Å². The molecule has 14 heteroatoms. The van der Waals surface area contributed by atoms with E-state index in [-0.39, 0.29) is 38.9 Å². The molecule has 0 bridgehead atoms. The van der Waals surface area contributed by atoms with Crippen LogP contribution in [0.25, 0.3) is 0 Å². The van der Waals surface area contributed by atoms with Crippen molar-refractivity contribution in [3.8, 4) is 11.8 Å². The van der Waals surface area contributed by atoms with Gasteiger partial charge in [0.15, 0.2) is 0 Å². The Balaban J connectivity index is 2.55. The van der Waals surface area contributed by atoms with Crippen molar-refractivity contribution >= 4 is 50.8 Å². The van der Waals surface area contributed by atoms with Crippen molar-refractivity contribution < 1.29 is 32.2 Å². The highest BCUT2D eigenvalue weighted by Crippen LogP contribution is 2.36. The van der Waals surface area contributed by atoms with Gasteiger partial charge in [0.25, 0.3) is 10.0 Å². The van der Waals surface area contributed by atoms with Crippen molar-refractivity contribution in [1.29, 1.82) is 0 Å². The molecule has 0 radical (unpaired) electrons. The lowest BCUT2D eigenvalue weighted by Gasteiger charge is -2.17. The summed E-state index contributed by atoms with van der Waals surface area (Å²) < 4.78 is 42.8. The molecule has 11 nitrogen and oxygen atoms in total. The van der Waals surface area contributed by atoms with Gasteiger partial charge in [-0.05, 0) is 0 Å². The van der Waals surface area contributed by atoms with E-state index < -0.39 is 28.0 Å². The maximum atomic E-state index is 13.0. The van der Waals surface area contributed by atoms with Crippen molar-refractivity contribution in [2.75, 3.05) is 24.8 Å². The number of hydrogen-bond donors (Lipinski definition) is 2. The molecule has 0 saturated heterocycles. The zero-order chi connectivity index (χ0) is 21.8. The van der Waals surface area contributed by atoms with Crippen molar-refractivity contribution in [3.63, 3.8) is 0 Å². The maximum absolute atomic E-state index is 13.0. The molecule has 1 unspecified atom stereocenters. The monoisotopic (exact) mass is 464 g/mol. The number of aromatic nitrogens is 2. The van der Waals surface area contributed by atoms with Crippen LogP contribution in [0.5, 0.6) is 11.8 Å². The summed E-state index contributed by atoms with van der Waals surface area (Å²) in [5, 5.41) is 1.24. The molecule has 29 heavy (non-hydrogen) atoms. The van der Waals surface area contributed by atoms with E-state index >= 15 is 0 Å². The number of esters is 1. The highest BCUT2D eigenvalue weighted by atomic mass is 35.5. The standard InChI is InChI=1S/C15H17ClN4O7S2/c1-7(21)27-9(5-16)12-8(13(17)22)6-28-14(12)29(23,24)20-15-18-10(25-2)4-11(19-15)26-3/h4,6,9H,5H2,1-3H3,(H2,17,22)(H,18,19,20). The van der Waals surface area contributed by atoms with E-state index in [1.807, 2.05) is 0 Å². The number of anilines is 1. The Hall–Kier alpha value is -2.64. The quantitative estimate of drug-likeness (QED) is 0.411. The van der Waals surface area contributed by atoms with Crippen LogP contribution in [0.1, 0.15) is 28.9 Å². The molecule has 3 N–H and O–H groups in total. The molecular weight excluding hydrogens is 448 g/mol. The molecule has 2 heterocycles. The van der Waals surface area contributed by atoms with Crippen molar-refractivity contribution in [3.05, 3.63) is 22.6 Å². The molecule has 0 fully saturated rings. The molecule has 0 aliphatic carbocycles. The summed E-state index contributed by atoms with van der Waals surface area (Å²) in [5.74, 6) is -2.15. The number of sulfonamides is 1. The van der Waals surface area contributed by atoms with Crippen LogP contribution in [0, 0.1) is 0 Å². The van der Waals surface area contributed by atoms with Crippen LogP contribution in [-0.4, -0.2) is 50.4 Å². The second-order valence-corrected chi connectivity index (χ2v) is 8.41. The first-order valence-electron chi connectivity index (χ1n) is 7.77. The number of ether oxygens (including phenoxy) is 3. The zero-order valence-electron chi connectivity index (χ0n) is 15.5. The molecule has 0 spiro atoms. The summed E-state index contributed by atoms with van der Waals surface area (Å²) >= 11 is 6.55. The number of hydrogen-bond acceptors (Lipinski definition) is 10. The molecule has 1 amide bonds. The number of nitrogens with zero attached hydrogens (tertiary/aromatic N) is 2. The van der Waals surface area contributed by atoms with Crippen LogP contribution in [0.2, 0.25) is 0 Å². The topological polar surface area (TPSA) is 160 Å². The number of methoxy groups -OCH3 is 2. The van der Waals surface area contributed by atoms with Crippen LogP contribution in [0.3, 0.4) is 0 Å². The number of amides is 1. The molecule has 2 aromatic heterocycles. The average molecular weight is 465 g/mol. The van der Waals surface area contributed by atoms with Crippen LogP contribution in [0.4, 0.5) is 5.95 Å². The molecule has 0 saturated carbocycles. The number of carbonyl (C=O) groups excluding carboxylic acids is 2. The van der Waals surface area contributed by atoms with Crippen LogP contribution in [0.15, 0.2) is 15.7 Å². The summed E-state index contributed by atoms with van der Waals surface area (Å²) in [6.07, 6.45) is -1.21.